The highest BCUT2D eigenvalue weighted by molar-refractivity contribution is 5.89. The number of nitrogen functional groups attached to an aromatic ring is 1. The first kappa shape index (κ1) is 25.9. The van der Waals surface area contributed by atoms with Crippen molar-refractivity contribution in [2.75, 3.05) is 11.1 Å². The summed E-state index contributed by atoms with van der Waals surface area (Å²) in [7, 11) is 0. The highest BCUT2D eigenvalue weighted by atomic mass is 16.2. The van der Waals surface area contributed by atoms with Crippen molar-refractivity contribution in [3.8, 4) is 0 Å². The van der Waals surface area contributed by atoms with Gasteiger partial charge in [0.05, 0.1) is 0 Å². The summed E-state index contributed by atoms with van der Waals surface area (Å²) in [6.45, 7) is 3.38. The molecule has 0 fully saturated rings. The molecule has 0 aliphatic heterocycles. The molecule has 0 atom stereocenters. The maximum atomic E-state index is 11.5. The van der Waals surface area contributed by atoms with E-state index in [0.29, 0.717) is 11.4 Å². The second-order valence-corrected chi connectivity index (χ2v) is 7.13. The summed E-state index contributed by atoms with van der Waals surface area (Å²) >= 11 is 0. The fourth-order valence-corrected chi connectivity index (χ4v) is 2.66. The number of nitrogens with two attached hydrogens (primary N) is 1. The molecule has 0 aliphatic carbocycles. The van der Waals surface area contributed by atoms with Gasteiger partial charge in [-0.3, -0.25) is 38.6 Å². The van der Waals surface area contributed by atoms with Gasteiger partial charge in [0.15, 0.2) is 0 Å². The molecule has 0 saturated carbocycles. The Morgan fingerprint density at radius 1 is 0.811 bits per heavy atom. The van der Waals surface area contributed by atoms with Crippen LogP contribution >= 0.6 is 0 Å². The van der Waals surface area contributed by atoms with Gasteiger partial charge in [0.1, 0.15) is 19.0 Å². The maximum Gasteiger partial charge on any atom is 0.338 e. The monoisotopic (exact) mass is 508 g/mol. The first-order chi connectivity index (χ1) is 17.7. The van der Waals surface area contributed by atoms with Gasteiger partial charge in [-0.2, -0.15) is 0 Å². The molecule has 16 heteroatoms. The minimum Gasteiger partial charge on any atom is -0.369 e. The Balaban J connectivity index is 0.000000206. The van der Waals surface area contributed by atoms with Crippen LogP contribution in [-0.4, -0.2) is 60.7 Å². The van der Waals surface area contributed by atoms with Crippen LogP contribution in [0.25, 0.3) is 0 Å². The van der Waals surface area contributed by atoms with Gasteiger partial charge in [0, 0.05) is 62.1 Å². The zero-order chi connectivity index (χ0) is 26.8. The van der Waals surface area contributed by atoms with E-state index >= 15 is 0 Å². The highest BCUT2D eigenvalue weighted by Gasteiger charge is 2.06. The van der Waals surface area contributed by atoms with Crippen molar-refractivity contribution in [2.45, 2.75) is 13.8 Å². The zero-order valence-electron chi connectivity index (χ0n) is 19.6. The lowest BCUT2D eigenvalue weighted by molar-refractivity contribution is 0.243. The minimum absolute atomic E-state index is 0. The second-order valence-electron chi connectivity index (χ2n) is 7.13. The molecular formula is C21H24N12O4. The number of nitrogens with one attached hydrogen (secondary N) is 3. The quantitative estimate of drug-likeness (QED) is 0.250. The van der Waals surface area contributed by atoms with Gasteiger partial charge in [0.2, 0.25) is 11.9 Å². The average Bonchev–Trinajstić information content (AvgIpc) is 3.62. The van der Waals surface area contributed by atoms with Crippen LogP contribution < -0.4 is 22.2 Å². The van der Waals surface area contributed by atoms with E-state index in [9.17, 15) is 19.2 Å². The van der Waals surface area contributed by atoms with Crippen molar-refractivity contribution in [3.63, 3.8) is 0 Å². The molecular weight excluding hydrogens is 484 g/mol. The lowest BCUT2D eigenvalue weighted by Gasteiger charge is -2.04. The summed E-state index contributed by atoms with van der Waals surface area (Å²) < 4.78 is 3.99. The van der Waals surface area contributed by atoms with Crippen LogP contribution in [0.15, 0.2) is 77.9 Å². The number of rotatable bonds is 1. The van der Waals surface area contributed by atoms with E-state index in [1.54, 1.807) is 38.6 Å². The number of aromatic nitrogens is 10. The molecule has 5 aromatic rings. The number of hydrogen-bond acceptors (Lipinski definition) is 10. The number of aromatic amines is 2. The predicted octanol–water partition coefficient (Wildman–Crippen LogP) is 0.858. The third-order valence-electron chi connectivity index (χ3n) is 4.17. The molecule has 192 valence electrons. The third-order valence-corrected chi connectivity index (χ3v) is 4.17. The normalized spacial score (nSPS) is 9.89. The van der Waals surface area contributed by atoms with Crippen LogP contribution in [0.5, 0.6) is 0 Å². The van der Waals surface area contributed by atoms with Crippen LogP contribution in [-0.2, 0) is 0 Å². The molecule has 5 rings (SSSR count). The van der Waals surface area contributed by atoms with Crippen LogP contribution in [0, 0.1) is 13.8 Å². The van der Waals surface area contributed by atoms with Gasteiger partial charge in [-0.05, 0) is 13.8 Å². The maximum absolute atomic E-state index is 11.5. The summed E-state index contributed by atoms with van der Waals surface area (Å²) in [6, 6.07) is 2.10. The summed E-state index contributed by atoms with van der Waals surface area (Å²) in [5, 5.41) is 2.44. The first-order valence-corrected chi connectivity index (χ1v) is 10.4. The Labute approximate surface area is 209 Å². The van der Waals surface area contributed by atoms with E-state index in [-0.39, 0.29) is 30.5 Å². The molecule has 0 aromatic carbocycles. The zero-order valence-corrected chi connectivity index (χ0v) is 19.6. The smallest absolute Gasteiger partial charge is 0.338 e. The Hall–Kier alpha value is -5.67. The fraction of sp³-hybridized carbons (Fsp3) is 0.0952. The van der Waals surface area contributed by atoms with Gasteiger partial charge in [-0.15, -0.1) is 0 Å². The number of carbonyl (C=O) groups is 2. The highest BCUT2D eigenvalue weighted by Crippen LogP contribution is 1.97. The SMILES string of the molecule is Cc1cc(=O)[nH]c(N)n1.Cc1cc(=O)[nH]c(NC(=O)n2ccnc2)n1.O=C(n1ccnc1)n1ccnc1.[HH]. The van der Waals surface area contributed by atoms with Gasteiger partial charge in [-0.1, -0.05) is 0 Å². The van der Waals surface area contributed by atoms with Crippen molar-refractivity contribution < 1.29 is 11.0 Å². The van der Waals surface area contributed by atoms with E-state index in [1.165, 1.54) is 57.2 Å². The van der Waals surface area contributed by atoms with E-state index in [0.717, 1.165) is 0 Å². The average molecular weight is 509 g/mol. The van der Waals surface area contributed by atoms with Crippen molar-refractivity contribution in [2.24, 2.45) is 0 Å². The van der Waals surface area contributed by atoms with Gasteiger partial charge in [0.25, 0.3) is 11.1 Å². The molecule has 0 saturated heterocycles. The molecule has 0 radical (unpaired) electrons. The summed E-state index contributed by atoms with van der Waals surface area (Å²) in [6.07, 6.45) is 13.5. The van der Waals surface area contributed by atoms with E-state index in [2.05, 4.69) is 40.2 Å². The first-order valence-electron chi connectivity index (χ1n) is 10.4. The largest absolute Gasteiger partial charge is 0.369 e. The van der Waals surface area contributed by atoms with Crippen molar-refractivity contribution in [3.05, 3.63) is 100 Å². The molecule has 0 aliphatic rings. The molecule has 16 nitrogen and oxygen atoms in total. The minimum atomic E-state index is -0.439. The molecule has 37 heavy (non-hydrogen) atoms. The fourth-order valence-electron chi connectivity index (χ4n) is 2.66. The Morgan fingerprint density at radius 3 is 1.73 bits per heavy atom. The van der Waals surface area contributed by atoms with E-state index in [1.807, 2.05) is 0 Å². The molecule has 0 unspecified atom stereocenters. The number of carbonyl (C=O) groups excluding carboxylic acids is 2. The van der Waals surface area contributed by atoms with E-state index in [4.69, 9.17) is 5.73 Å². The van der Waals surface area contributed by atoms with Crippen LogP contribution in [0.4, 0.5) is 21.5 Å². The lowest BCUT2D eigenvalue weighted by atomic mass is 10.4. The number of anilines is 2. The summed E-state index contributed by atoms with van der Waals surface area (Å²) in [5.41, 5.74) is 5.84. The summed E-state index contributed by atoms with van der Waals surface area (Å²) in [5.74, 6) is 0.281. The predicted molar refractivity (Wildman–Crippen MR) is 133 cm³/mol. The second kappa shape index (κ2) is 12.2. The van der Waals surface area contributed by atoms with Gasteiger partial charge < -0.3 is 5.73 Å². The van der Waals surface area contributed by atoms with Crippen molar-refractivity contribution >= 4 is 24.0 Å². The van der Waals surface area contributed by atoms with Crippen molar-refractivity contribution in [1.82, 2.24) is 48.6 Å². The lowest BCUT2D eigenvalue weighted by Crippen LogP contribution is -2.22. The molecule has 0 spiro atoms. The summed E-state index contributed by atoms with van der Waals surface area (Å²) in [4.78, 5) is 68.3. The van der Waals surface area contributed by atoms with Crippen LogP contribution in [0.2, 0.25) is 0 Å². The van der Waals surface area contributed by atoms with Crippen LogP contribution in [0.3, 0.4) is 0 Å². The topological polar surface area (TPSA) is 217 Å². The third kappa shape index (κ3) is 7.95. The number of nitrogens with zero attached hydrogens (tertiary/aromatic N) is 8. The Kier molecular flexibility index (Phi) is 8.52. The van der Waals surface area contributed by atoms with Crippen LogP contribution in [0.1, 0.15) is 12.8 Å². The standard InChI is InChI=1S/C9H9N5O2.C7H6N4O.C5H7N3O.H2/c1-6-4-7(15)12-8(11-6)13-9(16)14-3-2-10-5-14;12-7(10-3-1-8-5-10)11-4-2-9-6-11;1-3-2-4(9)8-5(6)7-3;/h2-5H,1H3,(H2,11,12,13,15,16);1-6H;2H,1H3,(H3,6,7,8,9);1H. The molecule has 0 bridgehead atoms. The molecule has 5 heterocycles. The van der Waals surface area contributed by atoms with E-state index < -0.39 is 6.03 Å². The number of amides is 1. The Bertz CT molecular complexity index is 1500. The number of imidazole rings is 3. The van der Waals surface area contributed by atoms with Gasteiger partial charge >= 0.3 is 12.1 Å². The van der Waals surface area contributed by atoms with Gasteiger partial charge in [-0.25, -0.2) is 34.5 Å². The van der Waals surface area contributed by atoms with Crippen molar-refractivity contribution in [1.29, 1.82) is 0 Å². The molecule has 5 aromatic heterocycles. The number of H-pyrrole nitrogens is 2. The molecule has 1 amide bonds. The Morgan fingerprint density at radius 2 is 1.30 bits per heavy atom. The number of aryl methyl sites for hydroxylation is 2. The number of hydrogen-bond donors (Lipinski definition) is 4. The molecule has 5 N–H and O–H groups in total.